The van der Waals surface area contributed by atoms with E-state index >= 15 is 0 Å². The molecule has 2 aliphatic heterocycles. The number of hydrogen-bond acceptors (Lipinski definition) is 19. The van der Waals surface area contributed by atoms with Crippen LogP contribution in [0.5, 0.6) is 0 Å². The fraction of sp³-hybridized carbons (Fsp3) is 0.510. The third-order valence-corrected chi connectivity index (χ3v) is 11.3. The summed E-state index contributed by atoms with van der Waals surface area (Å²) in [5.74, 6) is -9.04. The molecule has 1 N–H and O–H groups in total. The van der Waals surface area contributed by atoms with Crippen molar-refractivity contribution in [3.8, 4) is 0 Å². The number of likely N-dealkylation sites (N-methyl/N-ethyl adjacent to an activating group) is 1. The normalized spacial score (nSPS) is 24.6. The Morgan fingerprint density at radius 2 is 1.21 bits per heavy atom. The van der Waals surface area contributed by atoms with Crippen molar-refractivity contribution in [1.29, 1.82) is 0 Å². The fourth-order valence-corrected chi connectivity index (χ4v) is 8.04. The maximum atomic E-state index is 14.9. The van der Waals surface area contributed by atoms with Crippen LogP contribution in [0.2, 0.25) is 0 Å². The number of carbonyl (C=O) groups excluding carboxylic acids is 7. The summed E-state index contributed by atoms with van der Waals surface area (Å²) in [5.41, 5.74) is 2.44. The van der Waals surface area contributed by atoms with E-state index in [1.54, 1.807) is 0 Å². The first-order valence-electron chi connectivity index (χ1n) is 23.2. The standard InChI is InChI=1S/C51H64N2O19/c1-31(54)52-43-39(68-33(3)56)24-51(50(60)66-30-42(59)53(6)7,72-46(43)45(70-35(5)58)40(69-34(4)57)28-62-32(2)55)67-29-41-44(63-25-36-18-12-9-13-19-36)47(64-26-37-20-14-10-15-21-37)48(49(61-8)71-41)65-27-38-22-16-11-17-23-38/h9-23,39-41,43-49H,24-30H2,1-8H3,(H,52,54)/t39-,40+,41+,43+,44+,45+,46+,47-,48+,49-,51-/m0/s1. The van der Waals surface area contributed by atoms with Crippen LogP contribution in [0.3, 0.4) is 0 Å². The smallest absolute Gasteiger partial charge is 0.367 e. The van der Waals surface area contributed by atoms with Crippen LogP contribution < -0.4 is 5.32 Å². The minimum absolute atomic E-state index is 0.0227. The third kappa shape index (κ3) is 16.6. The molecular formula is C51H64N2O19. The molecule has 0 aliphatic carbocycles. The Balaban J connectivity index is 1.66. The predicted octanol–water partition coefficient (Wildman–Crippen LogP) is 3.11. The molecule has 0 bridgehead atoms. The van der Waals surface area contributed by atoms with Gasteiger partial charge in [-0.1, -0.05) is 91.0 Å². The van der Waals surface area contributed by atoms with Crippen molar-refractivity contribution in [2.24, 2.45) is 0 Å². The summed E-state index contributed by atoms with van der Waals surface area (Å²) in [5, 5.41) is 2.64. The molecule has 2 aliphatic rings. The summed E-state index contributed by atoms with van der Waals surface area (Å²) in [7, 11) is 4.27. The van der Waals surface area contributed by atoms with Gasteiger partial charge in [-0.15, -0.1) is 0 Å². The Labute approximate surface area is 417 Å². The Bertz CT molecular complexity index is 2250. The first-order chi connectivity index (χ1) is 34.4. The van der Waals surface area contributed by atoms with Crippen molar-refractivity contribution in [1.82, 2.24) is 10.2 Å². The molecule has 0 saturated carbocycles. The molecule has 2 amide bonds. The molecule has 2 heterocycles. The van der Waals surface area contributed by atoms with E-state index in [-0.39, 0.29) is 19.8 Å². The van der Waals surface area contributed by atoms with Crippen LogP contribution in [0, 0.1) is 0 Å². The van der Waals surface area contributed by atoms with E-state index in [1.807, 2.05) is 91.0 Å². The number of hydrogen-bond donors (Lipinski definition) is 1. The van der Waals surface area contributed by atoms with Gasteiger partial charge in [0.05, 0.1) is 38.9 Å². The molecule has 21 heteroatoms. The zero-order valence-electron chi connectivity index (χ0n) is 41.6. The summed E-state index contributed by atoms with van der Waals surface area (Å²) in [6.45, 7) is 3.37. The molecule has 2 fully saturated rings. The number of methoxy groups -OCH3 is 1. The van der Waals surface area contributed by atoms with Crippen LogP contribution in [-0.2, 0) is 110 Å². The molecule has 3 aromatic rings. The first kappa shape index (κ1) is 56.6. The molecule has 21 nitrogen and oxygen atoms in total. The van der Waals surface area contributed by atoms with E-state index in [0.717, 1.165) is 56.2 Å². The van der Waals surface area contributed by atoms with E-state index in [4.69, 9.17) is 56.8 Å². The maximum Gasteiger partial charge on any atom is 0.367 e. The zero-order chi connectivity index (χ0) is 52.4. The van der Waals surface area contributed by atoms with Crippen molar-refractivity contribution in [3.63, 3.8) is 0 Å². The second kappa shape index (κ2) is 27.5. The van der Waals surface area contributed by atoms with Gasteiger partial charge in [-0.3, -0.25) is 28.8 Å². The van der Waals surface area contributed by atoms with Crippen LogP contribution in [0.4, 0.5) is 0 Å². The van der Waals surface area contributed by atoms with Crippen molar-refractivity contribution in [3.05, 3.63) is 108 Å². The Hall–Kier alpha value is -6.33. The largest absolute Gasteiger partial charge is 0.462 e. The van der Waals surface area contributed by atoms with E-state index in [1.165, 1.54) is 21.2 Å². The minimum Gasteiger partial charge on any atom is -0.462 e. The van der Waals surface area contributed by atoms with Crippen LogP contribution in [0.25, 0.3) is 0 Å². The number of ether oxygens (including phenoxy) is 12. The lowest BCUT2D eigenvalue weighted by atomic mass is 9.87. The van der Waals surface area contributed by atoms with Crippen LogP contribution in [0.1, 0.15) is 57.7 Å². The van der Waals surface area contributed by atoms with Gasteiger partial charge in [0.25, 0.3) is 11.7 Å². The Kier molecular flexibility index (Phi) is 21.6. The molecule has 0 aromatic heterocycles. The summed E-state index contributed by atoms with van der Waals surface area (Å²) >= 11 is 0. The highest BCUT2D eigenvalue weighted by atomic mass is 16.8. The van der Waals surface area contributed by atoms with Crippen molar-refractivity contribution >= 4 is 41.7 Å². The number of benzene rings is 3. The molecule has 0 spiro atoms. The van der Waals surface area contributed by atoms with Gasteiger partial charge in [0, 0.05) is 55.8 Å². The lowest BCUT2D eigenvalue weighted by Crippen LogP contribution is -2.70. The van der Waals surface area contributed by atoms with Gasteiger partial charge >= 0.3 is 29.8 Å². The number of nitrogens with one attached hydrogen (secondary N) is 1. The molecule has 72 heavy (non-hydrogen) atoms. The van der Waals surface area contributed by atoms with Gasteiger partial charge in [-0.2, -0.15) is 0 Å². The highest BCUT2D eigenvalue weighted by molar-refractivity contribution is 5.83. The number of nitrogens with zero attached hydrogens (tertiary/aromatic N) is 1. The fourth-order valence-electron chi connectivity index (χ4n) is 8.04. The number of amides is 2. The summed E-state index contributed by atoms with van der Waals surface area (Å²) in [6.07, 6.45) is -13.1. The summed E-state index contributed by atoms with van der Waals surface area (Å²) < 4.78 is 73.6. The van der Waals surface area contributed by atoms with Gasteiger partial charge in [0.1, 0.15) is 43.2 Å². The molecule has 11 atom stereocenters. The Morgan fingerprint density at radius 3 is 1.68 bits per heavy atom. The lowest BCUT2D eigenvalue weighted by molar-refractivity contribution is -0.348. The van der Waals surface area contributed by atoms with Gasteiger partial charge < -0.3 is 67.1 Å². The predicted molar refractivity (Wildman–Crippen MR) is 249 cm³/mol. The Morgan fingerprint density at radius 1 is 0.681 bits per heavy atom. The molecule has 0 unspecified atom stereocenters. The van der Waals surface area contributed by atoms with Crippen LogP contribution in [0.15, 0.2) is 91.0 Å². The maximum absolute atomic E-state index is 14.9. The first-order valence-corrected chi connectivity index (χ1v) is 23.2. The molecule has 2 saturated heterocycles. The molecule has 0 radical (unpaired) electrons. The summed E-state index contributed by atoms with van der Waals surface area (Å²) in [6, 6.07) is 26.5. The summed E-state index contributed by atoms with van der Waals surface area (Å²) in [4.78, 5) is 92.5. The minimum atomic E-state index is -2.75. The monoisotopic (exact) mass is 1010 g/mol. The van der Waals surface area contributed by atoms with Crippen molar-refractivity contribution in [2.75, 3.05) is 41.0 Å². The van der Waals surface area contributed by atoms with E-state index in [2.05, 4.69) is 5.32 Å². The third-order valence-electron chi connectivity index (χ3n) is 11.3. The lowest BCUT2D eigenvalue weighted by Gasteiger charge is -2.49. The SMILES string of the molecule is CO[C@H]1O[C@H](CO[C@@]2(C(=O)OCC(=O)N(C)C)C[C@H](OC(C)=O)[C@@H](NC(C)=O)[C@H]([C@H](OC(C)=O)[C@@H](COC(C)=O)OC(C)=O)O2)[C@@H](OCc2ccccc2)[C@H](OCc2ccccc2)[C@H]1OCc1ccccc1. The highest BCUT2D eigenvalue weighted by Crippen LogP contribution is 2.39. The van der Waals surface area contributed by atoms with Crippen molar-refractivity contribution < 1.29 is 90.4 Å². The van der Waals surface area contributed by atoms with E-state index in [0.29, 0.717) is 0 Å². The van der Waals surface area contributed by atoms with E-state index < -0.39 is 135 Å². The second-order valence-electron chi connectivity index (χ2n) is 17.2. The van der Waals surface area contributed by atoms with Crippen LogP contribution >= 0.6 is 0 Å². The van der Waals surface area contributed by atoms with Crippen LogP contribution in [-0.4, -0.2) is 155 Å². The number of carbonyl (C=O) groups is 7. The second-order valence-corrected chi connectivity index (χ2v) is 17.2. The van der Waals surface area contributed by atoms with Crippen molar-refractivity contribution in [2.45, 2.75) is 128 Å². The molecule has 392 valence electrons. The molecular weight excluding hydrogens is 945 g/mol. The van der Waals surface area contributed by atoms with E-state index in [9.17, 15) is 33.6 Å². The van der Waals surface area contributed by atoms with Gasteiger partial charge in [-0.25, -0.2) is 4.79 Å². The van der Waals surface area contributed by atoms with Gasteiger partial charge in [0.2, 0.25) is 5.91 Å². The average molecular weight is 1010 g/mol. The van der Waals surface area contributed by atoms with Gasteiger partial charge in [-0.05, 0) is 16.7 Å². The zero-order valence-corrected chi connectivity index (χ0v) is 41.6. The topological polar surface area (TPSA) is 246 Å². The highest BCUT2D eigenvalue weighted by Gasteiger charge is 2.60. The number of esters is 5. The average Bonchev–Trinajstić information content (AvgIpc) is 3.34. The van der Waals surface area contributed by atoms with Gasteiger partial charge in [0.15, 0.2) is 25.1 Å². The quantitative estimate of drug-likeness (QED) is 0.100. The number of rotatable bonds is 24. The molecule has 3 aromatic carbocycles. The molecule has 5 rings (SSSR count).